The van der Waals surface area contributed by atoms with Gasteiger partial charge < -0.3 is 0 Å². The Bertz CT molecular complexity index is 1130. The fourth-order valence-electron chi connectivity index (χ4n) is 2.88. The second kappa shape index (κ2) is 6.71. The van der Waals surface area contributed by atoms with Crippen LogP contribution in [0.1, 0.15) is 15.9 Å². The zero-order valence-corrected chi connectivity index (χ0v) is 16.3. The van der Waals surface area contributed by atoms with Gasteiger partial charge in [-0.1, -0.05) is 57.9 Å². The van der Waals surface area contributed by atoms with E-state index < -0.39 is 0 Å². The van der Waals surface area contributed by atoms with Crippen molar-refractivity contribution in [3.63, 3.8) is 0 Å². The highest BCUT2D eigenvalue weighted by atomic mass is 79.9. The lowest BCUT2D eigenvalue weighted by Gasteiger charge is -2.09. The molecule has 0 saturated carbocycles. The first-order chi connectivity index (χ1) is 12.5. The van der Waals surface area contributed by atoms with Crippen molar-refractivity contribution in [2.45, 2.75) is 6.92 Å². The van der Waals surface area contributed by atoms with Gasteiger partial charge >= 0.3 is 0 Å². The van der Waals surface area contributed by atoms with Crippen molar-refractivity contribution in [3.05, 3.63) is 87.4 Å². The van der Waals surface area contributed by atoms with Gasteiger partial charge in [-0.2, -0.15) is 0 Å². The molecule has 0 N–H and O–H groups in total. The van der Waals surface area contributed by atoms with Crippen molar-refractivity contribution in [1.82, 2.24) is 9.55 Å². The minimum absolute atomic E-state index is 0.154. The van der Waals surface area contributed by atoms with Crippen LogP contribution in [-0.4, -0.2) is 15.5 Å². The van der Waals surface area contributed by atoms with Gasteiger partial charge in [0.1, 0.15) is 5.82 Å². The molecule has 0 radical (unpaired) electrons. The van der Waals surface area contributed by atoms with E-state index in [2.05, 4.69) is 15.9 Å². The first kappa shape index (κ1) is 17.0. The molecule has 1 heterocycles. The number of aryl methyl sites for hydroxylation is 1. The van der Waals surface area contributed by atoms with Crippen LogP contribution >= 0.6 is 27.5 Å². The molecule has 26 heavy (non-hydrogen) atoms. The van der Waals surface area contributed by atoms with Gasteiger partial charge in [0.05, 0.1) is 11.0 Å². The molecule has 0 aliphatic carbocycles. The van der Waals surface area contributed by atoms with E-state index in [9.17, 15) is 4.79 Å². The molecule has 0 spiro atoms. The van der Waals surface area contributed by atoms with Crippen LogP contribution in [0, 0.1) is 6.92 Å². The Balaban J connectivity index is 1.95. The number of rotatable bonds is 2. The fraction of sp³-hybridized carbons (Fsp3) is 0.0476. The highest BCUT2D eigenvalue weighted by Crippen LogP contribution is 2.28. The van der Waals surface area contributed by atoms with Gasteiger partial charge in [-0.3, -0.25) is 9.36 Å². The third-order valence-electron chi connectivity index (χ3n) is 4.29. The summed E-state index contributed by atoms with van der Waals surface area (Å²) in [6, 6.07) is 20.7. The summed E-state index contributed by atoms with van der Waals surface area (Å²) in [4.78, 5) is 18.0. The predicted molar refractivity (Wildman–Crippen MR) is 109 cm³/mol. The zero-order valence-electron chi connectivity index (χ0n) is 13.9. The standard InChI is InChI=1S/C21H14BrClN2O/c1-13-6-7-15(12-17(13)23)21(26)25-19-5-3-2-4-18(19)24-20(25)14-8-10-16(22)11-9-14/h2-12H,1H3. The molecule has 0 unspecified atom stereocenters. The highest BCUT2D eigenvalue weighted by molar-refractivity contribution is 9.10. The van der Waals surface area contributed by atoms with Crippen molar-refractivity contribution in [1.29, 1.82) is 0 Å². The lowest BCUT2D eigenvalue weighted by molar-refractivity contribution is 0.0966. The Labute approximate surface area is 164 Å². The lowest BCUT2D eigenvalue weighted by Crippen LogP contribution is -2.13. The summed E-state index contributed by atoms with van der Waals surface area (Å²) < 4.78 is 2.63. The van der Waals surface area contributed by atoms with Crippen LogP contribution in [0.15, 0.2) is 71.2 Å². The number of imidazole rings is 1. The molecule has 128 valence electrons. The maximum atomic E-state index is 13.3. The van der Waals surface area contributed by atoms with Crippen molar-refractivity contribution < 1.29 is 4.79 Å². The summed E-state index contributed by atoms with van der Waals surface area (Å²) in [6.07, 6.45) is 0. The third-order valence-corrected chi connectivity index (χ3v) is 5.22. The molecule has 0 aliphatic rings. The highest BCUT2D eigenvalue weighted by Gasteiger charge is 2.19. The molecule has 0 saturated heterocycles. The van der Waals surface area contributed by atoms with Crippen LogP contribution < -0.4 is 0 Å². The molecule has 4 aromatic rings. The van der Waals surface area contributed by atoms with Gasteiger partial charge in [0.2, 0.25) is 0 Å². The predicted octanol–water partition coefficient (Wildman–Crippen LogP) is 6.12. The molecule has 3 aromatic carbocycles. The van der Waals surface area contributed by atoms with E-state index in [0.29, 0.717) is 16.4 Å². The Kier molecular flexibility index (Phi) is 4.39. The molecule has 0 bridgehead atoms. The Morgan fingerprint density at radius 3 is 2.50 bits per heavy atom. The second-order valence-corrected chi connectivity index (χ2v) is 7.36. The Morgan fingerprint density at radius 2 is 1.77 bits per heavy atom. The third kappa shape index (κ3) is 2.96. The van der Waals surface area contributed by atoms with E-state index in [0.717, 1.165) is 26.6 Å². The van der Waals surface area contributed by atoms with Crippen molar-refractivity contribution in [2.75, 3.05) is 0 Å². The molecule has 0 aliphatic heterocycles. The summed E-state index contributed by atoms with van der Waals surface area (Å²) in [5.41, 5.74) is 3.88. The van der Waals surface area contributed by atoms with Crippen molar-refractivity contribution in [2.24, 2.45) is 0 Å². The topological polar surface area (TPSA) is 34.9 Å². The van der Waals surface area contributed by atoms with Gasteiger partial charge in [-0.05, 0) is 48.9 Å². The number of hydrogen-bond acceptors (Lipinski definition) is 2. The minimum atomic E-state index is -0.154. The number of para-hydroxylation sites is 2. The number of aromatic nitrogens is 2. The quantitative estimate of drug-likeness (QED) is 0.388. The molecule has 0 amide bonds. The summed E-state index contributed by atoms with van der Waals surface area (Å²) in [7, 11) is 0. The number of hydrogen-bond donors (Lipinski definition) is 0. The summed E-state index contributed by atoms with van der Waals surface area (Å²) in [5.74, 6) is 0.457. The zero-order chi connectivity index (χ0) is 18.3. The molecule has 3 nitrogen and oxygen atoms in total. The molecule has 4 rings (SSSR count). The van der Waals surface area contributed by atoms with Gasteiger partial charge in [0, 0.05) is 20.6 Å². The molecule has 5 heteroatoms. The average molecular weight is 426 g/mol. The molecule has 0 fully saturated rings. The van der Waals surface area contributed by atoms with Gasteiger partial charge in [-0.15, -0.1) is 0 Å². The SMILES string of the molecule is Cc1ccc(C(=O)n2c(-c3ccc(Br)cc3)nc3ccccc32)cc1Cl. The molecule has 1 aromatic heterocycles. The van der Waals surface area contributed by atoms with Crippen molar-refractivity contribution in [3.8, 4) is 11.4 Å². The number of nitrogens with zero attached hydrogens (tertiary/aromatic N) is 2. The lowest BCUT2D eigenvalue weighted by atomic mass is 10.1. The van der Waals surface area contributed by atoms with Crippen LogP contribution in [0.3, 0.4) is 0 Å². The number of carbonyl (C=O) groups is 1. The molecular formula is C21H14BrClN2O. The summed E-state index contributed by atoms with van der Waals surface area (Å²) in [5, 5.41) is 0.575. The van der Waals surface area contributed by atoms with Crippen molar-refractivity contribution >= 4 is 44.5 Å². The number of halogens is 2. The number of benzene rings is 3. The normalized spacial score (nSPS) is 11.0. The van der Waals surface area contributed by atoms with E-state index >= 15 is 0 Å². The van der Waals surface area contributed by atoms with E-state index in [1.165, 1.54) is 0 Å². The summed E-state index contributed by atoms with van der Waals surface area (Å²) >= 11 is 9.67. The largest absolute Gasteiger partial charge is 0.268 e. The van der Waals surface area contributed by atoms with E-state index in [1.807, 2.05) is 61.5 Å². The van der Waals surface area contributed by atoms with Crippen LogP contribution in [0.5, 0.6) is 0 Å². The van der Waals surface area contributed by atoms with E-state index in [-0.39, 0.29) is 5.91 Å². The maximum absolute atomic E-state index is 13.3. The average Bonchev–Trinajstić information content (AvgIpc) is 3.03. The van der Waals surface area contributed by atoms with Gasteiger partial charge in [-0.25, -0.2) is 4.98 Å². The smallest absolute Gasteiger partial charge is 0.264 e. The van der Waals surface area contributed by atoms with E-state index in [4.69, 9.17) is 16.6 Å². The fourth-order valence-corrected chi connectivity index (χ4v) is 3.32. The van der Waals surface area contributed by atoms with Crippen LogP contribution in [0.25, 0.3) is 22.4 Å². The second-order valence-electron chi connectivity index (χ2n) is 6.04. The van der Waals surface area contributed by atoms with Crippen LogP contribution in [-0.2, 0) is 0 Å². The summed E-state index contributed by atoms with van der Waals surface area (Å²) in [6.45, 7) is 1.91. The molecule has 0 atom stereocenters. The van der Waals surface area contributed by atoms with Crippen LogP contribution in [0.2, 0.25) is 5.02 Å². The van der Waals surface area contributed by atoms with Gasteiger partial charge in [0.25, 0.3) is 5.91 Å². The number of fused-ring (bicyclic) bond motifs is 1. The maximum Gasteiger partial charge on any atom is 0.264 e. The number of carbonyl (C=O) groups excluding carboxylic acids is 1. The first-order valence-electron chi connectivity index (χ1n) is 8.09. The minimum Gasteiger partial charge on any atom is -0.268 e. The Morgan fingerprint density at radius 1 is 1.04 bits per heavy atom. The van der Waals surface area contributed by atoms with Crippen LogP contribution in [0.4, 0.5) is 0 Å². The van der Waals surface area contributed by atoms with E-state index in [1.54, 1.807) is 16.7 Å². The van der Waals surface area contributed by atoms with Gasteiger partial charge in [0.15, 0.2) is 0 Å². The Hall–Kier alpha value is -2.43. The molecular weight excluding hydrogens is 412 g/mol. The first-order valence-corrected chi connectivity index (χ1v) is 9.26. The monoisotopic (exact) mass is 424 g/mol.